The van der Waals surface area contributed by atoms with E-state index < -0.39 is 5.60 Å². The van der Waals surface area contributed by atoms with Gasteiger partial charge in [-0.2, -0.15) is 0 Å². The third-order valence-electron chi connectivity index (χ3n) is 2.51. The first kappa shape index (κ1) is 12.4. The molecule has 2 rings (SSSR count). The predicted molar refractivity (Wildman–Crippen MR) is 64.1 cm³/mol. The number of furan rings is 2. The van der Waals surface area contributed by atoms with Crippen molar-refractivity contribution in [2.75, 3.05) is 6.54 Å². The van der Waals surface area contributed by atoms with E-state index in [4.69, 9.17) is 8.83 Å². The van der Waals surface area contributed by atoms with E-state index >= 15 is 0 Å². The average molecular weight is 249 g/mol. The molecule has 96 valence electrons. The highest BCUT2D eigenvalue weighted by atomic mass is 16.3. The Balaban J connectivity index is 1.87. The zero-order valence-electron chi connectivity index (χ0n) is 10.1. The third kappa shape index (κ3) is 3.24. The van der Waals surface area contributed by atoms with Crippen LogP contribution in [0, 0.1) is 0 Å². The molecule has 2 aromatic heterocycles. The zero-order valence-corrected chi connectivity index (χ0v) is 10.1. The minimum absolute atomic E-state index is 0.118. The molecule has 0 aromatic carbocycles. The van der Waals surface area contributed by atoms with Crippen LogP contribution in [-0.2, 0) is 6.42 Å². The third-order valence-corrected chi connectivity index (χ3v) is 2.51. The van der Waals surface area contributed by atoms with Gasteiger partial charge >= 0.3 is 0 Å². The number of nitrogens with one attached hydrogen (secondary N) is 1. The van der Waals surface area contributed by atoms with Crippen molar-refractivity contribution in [3.8, 4) is 0 Å². The molecule has 2 N–H and O–H groups in total. The Morgan fingerprint density at radius 1 is 1.33 bits per heavy atom. The molecule has 18 heavy (non-hydrogen) atoms. The van der Waals surface area contributed by atoms with Gasteiger partial charge < -0.3 is 19.3 Å². The molecule has 0 bridgehead atoms. The molecule has 5 nitrogen and oxygen atoms in total. The molecule has 1 atom stereocenters. The molecule has 2 aromatic rings. The SMILES string of the molecule is C[C@](O)(CNC(=O)c1ccco1)Cc1ccco1. The highest BCUT2D eigenvalue weighted by molar-refractivity contribution is 5.91. The molecular formula is C13H15NO4. The van der Waals surface area contributed by atoms with Crippen molar-refractivity contribution < 1.29 is 18.7 Å². The maximum Gasteiger partial charge on any atom is 0.287 e. The fourth-order valence-corrected chi connectivity index (χ4v) is 1.62. The lowest BCUT2D eigenvalue weighted by Crippen LogP contribution is -2.42. The summed E-state index contributed by atoms with van der Waals surface area (Å²) in [5.41, 5.74) is -1.07. The number of hydrogen-bond acceptors (Lipinski definition) is 4. The van der Waals surface area contributed by atoms with E-state index in [9.17, 15) is 9.90 Å². The second-order valence-electron chi connectivity index (χ2n) is 4.41. The lowest BCUT2D eigenvalue weighted by atomic mass is 10.0. The van der Waals surface area contributed by atoms with Crippen molar-refractivity contribution in [2.24, 2.45) is 0 Å². The smallest absolute Gasteiger partial charge is 0.287 e. The summed E-state index contributed by atoms with van der Waals surface area (Å²) in [5, 5.41) is 12.7. The lowest BCUT2D eigenvalue weighted by molar-refractivity contribution is 0.0503. The molecule has 0 saturated carbocycles. The van der Waals surface area contributed by atoms with Gasteiger partial charge in [0.1, 0.15) is 5.76 Å². The fraction of sp³-hybridized carbons (Fsp3) is 0.308. The monoisotopic (exact) mass is 249 g/mol. The summed E-state index contributed by atoms with van der Waals surface area (Å²) in [6.45, 7) is 1.76. The molecule has 2 heterocycles. The van der Waals surface area contributed by atoms with Crippen molar-refractivity contribution in [1.82, 2.24) is 5.32 Å². The van der Waals surface area contributed by atoms with E-state index in [1.54, 1.807) is 37.5 Å². The maximum atomic E-state index is 11.6. The number of carbonyl (C=O) groups is 1. The molecule has 0 saturated heterocycles. The summed E-state index contributed by atoms with van der Waals surface area (Å²) in [6, 6.07) is 6.74. The van der Waals surface area contributed by atoms with E-state index in [0.717, 1.165) is 0 Å². The molecule has 0 spiro atoms. The standard InChI is InChI=1S/C13H15NO4/c1-13(16,8-10-4-2-6-17-10)9-14-12(15)11-5-3-7-18-11/h2-7,16H,8-9H2,1H3,(H,14,15)/t13-/m1/s1. The van der Waals surface area contributed by atoms with Gasteiger partial charge in [0.05, 0.1) is 18.1 Å². The summed E-state index contributed by atoms with van der Waals surface area (Å²) in [5.74, 6) is 0.552. The molecule has 0 aliphatic heterocycles. The molecule has 0 radical (unpaired) electrons. The van der Waals surface area contributed by atoms with E-state index in [1.807, 2.05) is 0 Å². The van der Waals surface area contributed by atoms with Crippen LogP contribution >= 0.6 is 0 Å². The van der Waals surface area contributed by atoms with Crippen molar-refractivity contribution >= 4 is 5.91 Å². The van der Waals surface area contributed by atoms with E-state index in [-0.39, 0.29) is 18.2 Å². The second-order valence-corrected chi connectivity index (χ2v) is 4.41. The summed E-state index contributed by atoms with van der Waals surface area (Å²) >= 11 is 0. The van der Waals surface area contributed by atoms with Crippen LogP contribution in [0.1, 0.15) is 23.2 Å². The molecule has 0 aliphatic rings. The Kier molecular flexibility index (Phi) is 3.53. The van der Waals surface area contributed by atoms with E-state index in [1.165, 1.54) is 6.26 Å². The van der Waals surface area contributed by atoms with Crippen LogP contribution in [0.3, 0.4) is 0 Å². The first-order valence-corrected chi connectivity index (χ1v) is 5.63. The lowest BCUT2D eigenvalue weighted by Gasteiger charge is -2.22. The van der Waals surface area contributed by atoms with Crippen molar-refractivity contribution in [1.29, 1.82) is 0 Å². The summed E-state index contributed by atoms with van der Waals surface area (Å²) in [4.78, 5) is 11.6. The highest BCUT2D eigenvalue weighted by Gasteiger charge is 2.23. The first-order valence-electron chi connectivity index (χ1n) is 5.63. The largest absolute Gasteiger partial charge is 0.469 e. The molecular weight excluding hydrogens is 234 g/mol. The fourth-order valence-electron chi connectivity index (χ4n) is 1.62. The van der Waals surface area contributed by atoms with Crippen LogP contribution in [0.15, 0.2) is 45.6 Å². The van der Waals surface area contributed by atoms with Crippen LogP contribution in [0.25, 0.3) is 0 Å². The number of hydrogen-bond donors (Lipinski definition) is 2. The Labute approximate surface area is 104 Å². The van der Waals surface area contributed by atoms with E-state index in [2.05, 4.69) is 5.32 Å². The van der Waals surface area contributed by atoms with Gasteiger partial charge in [-0.15, -0.1) is 0 Å². The minimum atomic E-state index is -1.07. The van der Waals surface area contributed by atoms with Crippen LogP contribution < -0.4 is 5.32 Å². The van der Waals surface area contributed by atoms with Crippen LogP contribution in [0.4, 0.5) is 0 Å². The molecule has 0 fully saturated rings. The van der Waals surface area contributed by atoms with Gasteiger partial charge in [-0.1, -0.05) is 0 Å². The van der Waals surface area contributed by atoms with Crippen molar-refractivity contribution in [3.05, 3.63) is 48.3 Å². The summed E-state index contributed by atoms with van der Waals surface area (Å²) in [7, 11) is 0. The Hall–Kier alpha value is -2.01. The molecule has 0 unspecified atom stereocenters. The Bertz CT molecular complexity index is 485. The van der Waals surface area contributed by atoms with Gasteiger partial charge in [0.25, 0.3) is 5.91 Å². The van der Waals surface area contributed by atoms with Gasteiger partial charge in [-0.05, 0) is 31.2 Å². The van der Waals surface area contributed by atoms with E-state index in [0.29, 0.717) is 12.2 Å². The number of rotatable bonds is 5. The number of amides is 1. The normalized spacial score (nSPS) is 14.1. The number of carbonyl (C=O) groups excluding carboxylic acids is 1. The minimum Gasteiger partial charge on any atom is -0.469 e. The maximum absolute atomic E-state index is 11.6. The second kappa shape index (κ2) is 5.10. The zero-order chi connectivity index (χ0) is 13.0. The quantitative estimate of drug-likeness (QED) is 0.843. The van der Waals surface area contributed by atoms with Crippen LogP contribution in [0.2, 0.25) is 0 Å². The molecule has 1 amide bonds. The molecule has 5 heteroatoms. The topological polar surface area (TPSA) is 75.6 Å². The number of aliphatic hydroxyl groups is 1. The average Bonchev–Trinajstić information content (AvgIpc) is 2.97. The van der Waals surface area contributed by atoms with Crippen molar-refractivity contribution in [2.45, 2.75) is 18.9 Å². The Morgan fingerprint density at radius 3 is 2.67 bits per heavy atom. The van der Waals surface area contributed by atoms with Gasteiger partial charge in [-0.3, -0.25) is 4.79 Å². The van der Waals surface area contributed by atoms with Gasteiger partial charge in [0.2, 0.25) is 0 Å². The summed E-state index contributed by atoms with van der Waals surface area (Å²) < 4.78 is 10.1. The highest BCUT2D eigenvalue weighted by Crippen LogP contribution is 2.13. The van der Waals surface area contributed by atoms with Gasteiger partial charge in [0.15, 0.2) is 5.76 Å². The van der Waals surface area contributed by atoms with Crippen LogP contribution in [-0.4, -0.2) is 23.2 Å². The first-order chi connectivity index (χ1) is 8.57. The Morgan fingerprint density at radius 2 is 2.06 bits per heavy atom. The predicted octanol–water partition coefficient (Wildman–Crippen LogP) is 1.60. The summed E-state index contributed by atoms with van der Waals surface area (Å²) in [6.07, 6.45) is 3.31. The van der Waals surface area contributed by atoms with Gasteiger partial charge in [-0.25, -0.2) is 0 Å². The molecule has 0 aliphatic carbocycles. The van der Waals surface area contributed by atoms with Crippen molar-refractivity contribution in [3.63, 3.8) is 0 Å². The van der Waals surface area contributed by atoms with Crippen LogP contribution in [0.5, 0.6) is 0 Å². The van der Waals surface area contributed by atoms with Gasteiger partial charge in [0, 0.05) is 13.0 Å².